The molecule has 0 radical (unpaired) electrons. The van der Waals surface area contributed by atoms with Gasteiger partial charge in [-0.1, -0.05) is 36.4 Å². The third-order valence-corrected chi connectivity index (χ3v) is 7.13. The van der Waals surface area contributed by atoms with Gasteiger partial charge in [0.05, 0.1) is 24.7 Å². The summed E-state index contributed by atoms with van der Waals surface area (Å²) in [5, 5.41) is 23.9. The molecule has 0 aromatic heterocycles. The van der Waals surface area contributed by atoms with Gasteiger partial charge in [0.25, 0.3) is 5.91 Å². The molecule has 1 heterocycles. The summed E-state index contributed by atoms with van der Waals surface area (Å²) in [5.74, 6) is -0.506. The van der Waals surface area contributed by atoms with E-state index in [1.807, 2.05) is 42.5 Å². The maximum atomic E-state index is 12.4. The van der Waals surface area contributed by atoms with Gasteiger partial charge in [0.15, 0.2) is 0 Å². The van der Waals surface area contributed by atoms with Gasteiger partial charge in [-0.15, -0.1) is 0 Å². The van der Waals surface area contributed by atoms with E-state index in [2.05, 4.69) is 20.4 Å². The Kier molecular flexibility index (Phi) is 9.41. The minimum absolute atomic E-state index is 0.0329. The van der Waals surface area contributed by atoms with Crippen LogP contribution in [0.3, 0.4) is 0 Å². The zero-order valence-corrected chi connectivity index (χ0v) is 22.5. The molecule has 10 nitrogen and oxygen atoms in total. The van der Waals surface area contributed by atoms with Crippen LogP contribution >= 0.6 is 0 Å². The molecular formula is C28H34N4O6S. The normalized spacial score (nSPS) is 15.1. The number of anilines is 2. The first-order valence-electron chi connectivity index (χ1n) is 12.7. The summed E-state index contributed by atoms with van der Waals surface area (Å²) in [5.41, 5.74) is 5.53. The molecule has 1 aliphatic heterocycles. The number of phenolic OH excluding ortho intramolecular Hbond substituents is 1. The third kappa shape index (κ3) is 8.42. The van der Waals surface area contributed by atoms with Crippen molar-refractivity contribution in [1.82, 2.24) is 10.8 Å². The summed E-state index contributed by atoms with van der Waals surface area (Å²) in [6.45, 7) is 2.23. The third-order valence-electron chi connectivity index (χ3n) is 6.54. The van der Waals surface area contributed by atoms with Gasteiger partial charge in [0.2, 0.25) is 10.0 Å². The van der Waals surface area contributed by atoms with Crippen LogP contribution in [-0.4, -0.2) is 56.5 Å². The molecule has 4 rings (SSSR count). The number of hydroxylamine groups is 1. The molecule has 11 heteroatoms. The number of rotatable bonds is 11. The number of hydrogen-bond donors (Lipinski definition) is 5. The number of benzene rings is 3. The Labute approximate surface area is 228 Å². The quantitative estimate of drug-likeness (QED) is 0.180. The zero-order chi connectivity index (χ0) is 27.8. The van der Waals surface area contributed by atoms with Crippen molar-refractivity contribution >= 4 is 27.3 Å². The topological polar surface area (TPSA) is 140 Å². The number of nitrogens with one attached hydrogen (secondary N) is 3. The number of hydrogen-bond acceptors (Lipinski definition) is 8. The second-order valence-electron chi connectivity index (χ2n) is 9.59. The van der Waals surface area contributed by atoms with Gasteiger partial charge in [-0.3, -0.25) is 14.4 Å². The predicted octanol–water partition coefficient (Wildman–Crippen LogP) is 2.92. The molecule has 5 N–H and O–H groups in total. The van der Waals surface area contributed by atoms with Crippen LogP contribution in [0, 0.1) is 0 Å². The average Bonchev–Trinajstić information content (AvgIpc) is 2.93. The van der Waals surface area contributed by atoms with Crippen LogP contribution in [0.25, 0.3) is 0 Å². The number of aromatic hydroxyl groups is 1. The van der Waals surface area contributed by atoms with Crippen molar-refractivity contribution < 1.29 is 28.3 Å². The standard InChI is InChI=1S/C28H34N4O6S/c1-39(36,37)31-25-17-22(9-12-26(25)33)27(34)18-29-23-13-15-32(16-14-23)24-10-7-21(8-11-24)28(35)30-38-19-20-5-3-2-4-6-20/h2-12,17,23,27,29,31,33-34H,13-16,18-19H2,1H3,(H,30,35)/t27-/m1/s1. The van der Waals surface area contributed by atoms with Gasteiger partial charge in [0.1, 0.15) is 5.75 Å². The average molecular weight is 555 g/mol. The Morgan fingerprint density at radius 2 is 1.74 bits per heavy atom. The highest BCUT2D eigenvalue weighted by Gasteiger charge is 2.21. The Bertz CT molecular complexity index is 1340. The smallest absolute Gasteiger partial charge is 0.274 e. The first-order valence-corrected chi connectivity index (χ1v) is 14.6. The Hall–Kier alpha value is -3.64. The van der Waals surface area contributed by atoms with Gasteiger partial charge >= 0.3 is 0 Å². The molecule has 1 amide bonds. The SMILES string of the molecule is CS(=O)(=O)Nc1cc([C@H](O)CNC2CCN(c3ccc(C(=O)NOCc4ccccc4)cc3)CC2)ccc1O. The summed E-state index contributed by atoms with van der Waals surface area (Å²) in [6, 6.07) is 21.6. The minimum Gasteiger partial charge on any atom is -0.506 e. The first-order chi connectivity index (χ1) is 18.7. The van der Waals surface area contributed by atoms with Crippen molar-refractivity contribution in [3.8, 4) is 5.75 Å². The van der Waals surface area contributed by atoms with Crippen LogP contribution in [0.2, 0.25) is 0 Å². The predicted molar refractivity (Wildman–Crippen MR) is 150 cm³/mol. The van der Waals surface area contributed by atoms with Crippen LogP contribution in [0.1, 0.15) is 40.4 Å². The number of carbonyl (C=O) groups is 1. The number of phenols is 1. The van der Waals surface area contributed by atoms with Crippen molar-refractivity contribution in [2.75, 3.05) is 35.5 Å². The Balaban J connectivity index is 1.21. The zero-order valence-electron chi connectivity index (χ0n) is 21.7. The Morgan fingerprint density at radius 3 is 2.41 bits per heavy atom. The van der Waals surface area contributed by atoms with Crippen LogP contribution in [0.5, 0.6) is 5.75 Å². The lowest BCUT2D eigenvalue weighted by Gasteiger charge is -2.34. The van der Waals surface area contributed by atoms with Crippen molar-refractivity contribution in [3.63, 3.8) is 0 Å². The van der Waals surface area contributed by atoms with E-state index in [0.29, 0.717) is 24.3 Å². The largest absolute Gasteiger partial charge is 0.506 e. The molecule has 3 aromatic carbocycles. The monoisotopic (exact) mass is 554 g/mol. The van der Waals surface area contributed by atoms with Crippen molar-refractivity contribution in [2.45, 2.75) is 31.6 Å². The molecule has 1 aliphatic rings. The fourth-order valence-corrected chi connectivity index (χ4v) is 4.99. The lowest BCUT2D eigenvalue weighted by molar-refractivity contribution is 0.0233. The number of amides is 1. The van der Waals surface area contributed by atoms with Crippen molar-refractivity contribution in [1.29, 1.82) is 0 Å². The van der Waals surface area contributed by atoms with Crippen LogP contribution < -0.4 is 20.4 Å². The summed E-state index contributed by atoms with van der Waals surface area (Å²) in [6.07, 6.45) is 1.88. The van der Waals surface area contributed by atoms with E-state index < -0.39 is 16.1 Å². The molecule has 39 heavy (non-hydrogen) atoms. The van der Waals surface area contributed by atoms with E-state index >= 15 is 0 Å². The lowest BCUT2D eigenvalue weighted by atomic mass is 10.0. The van der Waals surface area contributed by atoms with E-state index in [4.69, 9.17) is 4.84 Å². The highest BCUT2D eigenvalue weighted by molar-refractivity contribution is 7.92. The highest BCUT2D eigenvalue weighted by atomic mass is 32.2. The molecule has 208 valence electrons. The maximum absolute atomic E-state index is 12.4. The number of piperidine rings is 1. The lowest BCUT2D eigenvalue weighted by Crippen LogP contribution is -2.43. The number of aliphatic hydroxyl groups is 1. The van der Waals surface area contributed by atoms with Gasteiger partial charge in [-0.2, -0.15) is 0 Å². The van der Waals surface area contributed by atoms with Crippen molar-refractivity contribution in [3.05, 3.63) is 89.5 Å². The molecule has 1 saturated heterocycles. The van der Waals surface area contributed by atoms with E-state index in [9.17, 15) is 23.4 Å². The molecule has 1 fully saturated rings. The molecular weight excluding hydrogens is 520 g/mol. The number of sulfonamides is 1. The minimum atomic E-state index is -3.56. The molecule has 0 unspecified atom stereocenters. The molecule has 3 aromatic rings. The Morgan fingerprint density at radius 1 is 1.05 bits per heavy atom. The first kappa shape index (κ1) is 28.4. The maximum Gasteiger partial charge on any atom is 0.274 e. The molecule has 0 spiro atoms. The van der Waals surface area contributed by atoms with Crippen LogP contribution in [0.15, 0.2) is 72.8 Å². The van der Waals surface area contributed by atoms with Gasteiger partial charge < -0.3 is 20.4 Å². The number of nitrogens with zero attached hydrogens (tertiary/aromatic N) is 1. The second-order valence-corrected chi connectivity index (χ2v) is 11.3. The highest BCUT2D eigenvalue weighted by Crippen LogP contribution is 2.28. The molecule has 0 saturated carbocycles. The van der Waals surface area contributed by atoms with Crippen LogP contribution in [-0.2, 0) is 21.5 Å². The fourth-order valence-electron chi connectivity index (χ4n) is 4.42. The summed E-state index contributed by atoms with van der Waals surface area (Å²) >= 11 is 0. The second kappa shape index (κ2) is 12.9. The number of aliphatic hydroxyl groups excluding tert-OH is 1. The molecule has 1 atom stereocenters. The van der Waals surface area contributed by atoms with Crippen molar-refractivity contribution in [2.24, 2.45) is 0 Å². The molecule has 0 bridgehead atoms. The van der Waals surface area contributed by atoms with Gasteiger partial charge in [-0.25, -0.2) is 13.9 Å². The summed E-state index contributed by atoms with van der Waals surface area (Å²) in [4.78, 5) is 19.9. The fraction of sp³-hybridized carbons (Fsp3) is 0.321. The van der Waals surface area contributed by atoms with Gasteiger partial charge in [-0.05, 0) is 60.4 Å². The number of carbonyl (C=O) groups excluding carboxylic acids is 1. The van der Waals surface area contributed by atoms with E-state index in [0.717, 1.165) is 43.4 Å². The van der Waals surface area contributed by atoms with E-state index in [-0.39, 0.29) is 23.4 Å². The van der Waals surface area contributed by atoms with E-state index in [1.165, 1.54) is 12.1 Å². The van der Waals surface area contributed by atoms with Gasteiger partial charge in [0, 0.05) is 36.9 Å². The van der Waals surface area contributed by atoms with E-state index in [1.54, 1.807) is 18.2 Å². The summed E-state index contributed by atoms with van der Waals surface area (Å²) in [7, 11) is -3.56. The van der Waals surface area contributed by atoms with Crippen LogP contribution in [0.4, 0.5) is 11.4 Å². The molecule has 0 aliphatic carbocycles. The summed E-state index contributed by atoms with van der Waals surface area (Å²) < 4.78 is 25.3.